The number of fused-ring (bicyclic) bond motifs is 3. The van der Waals surface area contributed by atoms with Crippen LogP contribution < -0.4 is 5.73 Å². The Morgan fingerprint density at radius 2 is 2.11 bits per heavy atom. The highest BCUT2D eigenvalue weighted by molar-refractivity contribution is 6.77. The second-order valence-corrected chi connectivity index (χ2v) is 13.9. The van der Waals surface area contributed by atoms with Crippen LogP contribution in [0.25, 0.3) is 16.5 Å². The molecule has 0 atom stereocenters. The summed E-state index contributed by atoms with van der Waals surface area (Å²) in [6.07, 6.45) is 5.44. The van der Waals surface area contributed by atoms with Crippen molar-refractivity contribution in [2.45, 2.75) is 38.0 Å². The highest BCUT2D eigenvalue weighted by Crippen LogP contribution is 2.39. The van der Waals surface area contributed by atoms with E-state index in [1.807, 2.05) is 17.0 Å². The lowest BCUT2D eigenvalue weighted by Gasteiger charge is -2.38. The standard InChI is InChI=1S/C22H27N3O2Si/c1-4-19(26)25-10-5-6-14(12-25)15-7-8-16(22(23)27)21-20(15)17-13-28(2,3)11-9-18(17)24-21/h4,6-8,24H,1,5,9-13H2,2-3H3,(H2,23,27)/q-1. The number of carbonyl (C=O) groups excluding carboxylic acids is 2. The summed E-state index contributed by atoms with van der Waals surface area (Å²) in [4.78, 5) is 29.5. The molecule has 5 nitrogen and oxygen atoms in total. The quantitative estimate of drug-likeness (QED) is 0.619. The summed E-state index contributed by atoms with van der Waals surface area (Å²) < 4.78 is 0. The second-order valence-electron chi connectivity index (χ2n) is 8.68. The van der Waals surface area contributed by atoms with E-state index in [1.54, 1.807) is 0 Å². The summed E-state index contributed by atoms with van der Waals surface area (Å²) in [5.41, 5.74) is 11.9. The lowest BCUT2D eigenvalue weighted by Crippen LogP contribution is -2.34. The Balaban J connectivity index is 1.90. The molecule has 3 heterocycles. The van der Waals surface area contributed by atoms with Gasteiger partial charge in [0.2, 0.25) is 5.91 Å². The van der Waals surface area contributed by atoms with Crippen LogP contribution in [0.15, 0.2) is 30.9 Å². The number of aryl methyl sites for hydroxylation is 1. The number of nitrogens with one attached hydrogen (secondary N) is 1. The lowest BCUT2D eigenvalue weighted by atomic mass is 9.93. The molecule has 2 amide bonds. The molecule has 3 N–H and O–H groups in total. The first kappa shape index (κ1) is 18.7. The van der Waals surface area contributed by atoms with E-state index in [1.165, 1.54) is 23.4 Å². The first-order chi connectivity index (χ1) is 13.3. The van der Waals surface area contributed by atoms with Crippen molar-refractivity contribution in [2.24, 2.45) is 5.73 Å². The van der Waals surface area contributed by atoms with Gasteiger partial charge in [0.05, 0.1) is 11.1 Å². The fraction of sp³-hybridized carbons (Fsp3) is 0.364. The first-order valence-corrected chi connectivity index (χ1v) is 13.3. The Kier molecular flexibility index (Phi) is 4.54. The molecule has 1 aromatic heterocycles. The number of nitrogens with two attached hydrogens (primary N) is 1. The number of H-pyrrole nitrogens is 1. The second kappa shape index (κ2) is 6.78. The lowest BCUT2D eigenvalue weighted by molar-refractivity contribution is -0.125. The predicted octanol–water partition coefficient (Wildman–Crippen LogP) is 3.41. The third-order valence-electron chi connectivity index (χ3n) is 6.10. The molecule has 0 saturated heterocycles. The molecule has 0 spiro atoms. The fourth-order valence-corrected chi connectivity index (χ4v) is 7.04. The van der Waals surface area contributed by atoms with Crippen molar-refractivity contribution in [3.05, 3.63) is 53.2 Å². The van der Waals surface area contributed by atoms with E-state index in [-0.39, 0.29) is 5.91 Å². The Hall–Kier alpha value is -2.60. The monoisotopic (exact) mass is 393 g/mol. The van der Waals surface area contributed by atoms with Crippen molar-refractivity contribution < 1.29 is 9.59 Å². The van der Waals surface area contributed by atoms with Gasteiger partial charge >= 0.3 is 0 Å². The molecule has 4 rings (SSSR count). The van der Waals surface area contributed by atoms with Crippen LogP contribution in [-0.2, 0) is 17.3 Å². The molecule has 0 unspecified atom stereocenters. The number of benzene rings is 1. The largest absolute Gasteiger partial charge is 0.366 e. The van der Waals surface area contributed by atoms with Crippen LogP contribution in [0.3, 0.4) is 0 Å². The third-order valence-corrected chi connectivity index (χ3v) is 9.02. The Morgan fingerprint density at radius 3 is 2.82 bits per heavy atom. The summed E-state index contributed by atoms with van der Waals surface area (Å²) in [5.74, 6) is -0.451. The number of nitrogens with zero attached hydrogens (tertiary/aromatic N) is 1. The molecule has 0 fully saturated rings. The van der Waals surface area contributed by atoms with Crippen molar-refractivity contribution >= 4 is 36.4 Å². The van der Waals surface area contributed by atoms with Crippen LogP contribution in [-0.4, -0.2) is 42.9 Å². The molecule has 0 bridgehead atoms. The van der Waals surface area contributed by atoms with Gasteiger partial charge in [-0.15, -0.1) is 14.1 Å². The zero-order valence-corrected chi connectivity index (χ0v) is 17.6. The van der Waals surface area contributed by atoms with E-state index < -0.39 is 14.0 Å². The van der Waals surface area contributed by atoms with Crippen LogP contribution in [0.5, 0.6) is 0 Å². The molecule has 6 heteroatoms. The molecule has 0 radical (unpaired) electrons. The summed E-state index contributed by atoms with van der Waals surface area (Å²) >= 11 is 0. The number of aromatic nitrogens is 1. The summed E-state index contributed by atoms with van der Waals surface area (Å²) in [6.45, 7) is 9.75. The van der Waals surface area contributed by atoms with Gasteiger partial charge < -0.3 is 15.6 Å². The van der Waals surface area contributed by atoms with E-state index in [0.29, 0.717) is 18.7 Å². The average molecular weight is 394 g/mol. The highest BCUT2D eigenvalue weighted by atomic mass is 28.3. The molecule has 2 aliphatic rings. The van der Waals surface area contributed by atoms with E-state index in [9.17, 15) is 9.59 Å². The number of hydrogen-bond donors (Lipinski definition) is 2. The summed E-state index contributed by atoms with van der Waals surface area (Å²) in [7, 11) is -1.31. The summed E-state index contributed by atoms with van der Waals surface area (Å²) in [5, 5.41) is 1.13. The molecule has 28 heavy (non-hydrogen) atoms. The number of hydrogen-bond acceptors (Lipinski definition) is 2. The van der Waals surface area contributed by atoms with Crippen LogP contribution in [0.2, 0.25) is 19.1 Å². The van der Waals surface area contributed by atoms with Crippen molar-refractivity contribution in [2.75, 3.05) is 13.1 Å². The maximum atomic E-state index is 12.1. The first-order valence-electron chi connectivity index (χ1n) is 9.88. The Labute approximate surface area is 166 Å². The van der Waals surface area contributed by atoms with Gasteiger partial charge in [0, 0.05) is 24.2 Å². The molecule has 2 aromatic rings. The van der Waals surface area contributed by atoms with Gasteiger partial charge in [0.1, 0.15) is 0 Å². The third kappa shape index (κ3) is 3.11. The number of rotatable bonds is 3. The molecule has 2 aliphatic heterocycles. The van der Waals surface area contributed by atoms with Crippen molar-refractivity contribution in [1.29, 1.82) is 0 Å². The van der Waals surface area contributed by atoms with Crippen molar-refractivity contribution in [1.82, 2.24) is 9.88 Å². The van der Waals surface area contributed by atoms with Gasteiger partial charge in [-0.2, -0.15) is 19.1 Å². The maximum Gasteiger partial charge on any atom is 0.250 e. The fourth-order valence-electron chi connectivity index (χ4n) is 4.59. The van der Waals surface area contributed by atoms with Crippen LogP contribution in [0, 0.1) is 0 Å². The molecule has 147 valence electrons. The van der Waals surface area contributed by atoms with Gasteiger partial charge in [-0.25, -0.2) is 0 Å². The van der Waals surface area contributed by atoms with Crippen molar-refractivity contribution in [3.63, 3.8) is 0 Å². The number of carbonyl (C=O) groups is 2. The summed E-state index contributed by atoms with van der Waals surface area (Å²) in [6, 6.07) is 6.17. The maximum absolute atomic E-state index is 12.1. The smallest absolute Gasteiger partial charge is 0.250 e. The van der Waals surface area contributed by atoms with Gasteiger partial charge in [0.25, 0.3) is 5.91 Å². The highest BCUT2D eigenvalue weighted by Gasteiger charge is 2.27. The van der Waals surface area contributed by atoms with Crippen LogP contribution in [0.1, 0.15) is 33.6 Å². The minimum Gasteiger partial charge on any atom is -0.366 e. The SMILES string of the molecule is C=CC(=O)N1CCC=C(c2ccc(C(N)=O)c3[nH]c4c(c23)C[Si-](C)(C)CC4)C1. The number of primary amides is 1. The topological polar surface area (TPSA) is 79.2 Å². The molecule has 0 aliphatic carbocycles. The van der Waals surface area contributed by atoms with Crippen molar-refractivity contribution in [3.8, 4) is 0 Å². The van der Waals surface area contributed by atoms with Gasteiger partial charge in [0.15, 0.2) is 0 Å². The Morgan fingerprint density at radius 1 is 1.32 bits per heavy atom. The molecular formula is C22H27N3O2Si-. The van der Waals surface area contributed by atoms with Gasteiger partial charge in [-0.05, 0) is 41.7 Å². The normalized spacial score (nSPS) is 18.5. The zero-order valence-electron chi connectivity index (χ0n) is 16.6. The van der Waals surface area contributed by atoms with Gasteiger partial charge in [-0.3, -0.25) is 9.59 Å². The van der Waals surface area contributed by atoms with Crippen LogP contribution in [0.4, 0.5) is 0 Å². The van der Waals surface area contributed by atoms with E-state index in [0.717, 1.165) is 40.9 Å². The predicted molar refractivity (Wildman–Crippen MR) is 116 cm³/mol. The molecule has 0 saturated carbocycles. The molecule has 1 aromatic carbocycles. The Bertz CT molecular complexity index is 1030. The number of amides is 2. The average Bonchev–Trinajstić information content (AvgIpc) is 3.04. The zero-order chi connectivity index (χ0) is 20.1. The van der Waals surface area contributed by atoms with Gasteiger partial charge in [-0.1, -0.05) is 18.7 Å². The van der Waals surface area contributed by atoms with E-state index in [2.05, 4.69) is 30.7 Å². The van der Waals surface area contributed by atoms with Crippen LogP contribution >= 0.6 is 0 Å². The minimum absolute atomic E-state index is 0.0414. The van der Waals surface area contributed by atoms with E-state index >= 15 is 0 Å². The molecular weight excluding hydrogens is 366 g/mol. The van der Waals surface area contributed by atoms with E-state index in [4.69, 9.17) is 5.73 Å². The minimum atomic E-state index is -1.31. The number of aromatic amines is 1.